The van der Waals surface area contributed by atoms with Gasteiger partial charge in [0.25, 0.3) is 0 Å². The SMILES string of the molecule is Cn1cccc1C(=O)Cn1ccn(C)c(=O)c1=O. The van der Waals surface area contributed by atoms with Gasteiger partial charge < -0.3 is 13.7 Å². The van der Waals surface area contributed by atoms with Crippen LogP contribution in [0.5, 0.6) is 0 Å². The van der Waals surface area contributed by atoms with Gasteiger partial charge in [0.1, 0.15) is 0 Å². The number of ketones is 1. The molecule has 6 heteroatoms. The molecule has 2 aromatic rings. The molecule has 0 fully saturated rings. The van der Waals surface area contributed by atoms with E-state index in [1.807, 2.05) is 0 Å². The first-order chi connectivity index (χ1) is 8.50. The summed E-state index contributed by atoms with van der Waals surface area (Å²) in [4.78, 5) is 35.0. The minimum atomic E-state index is -0.692. The zero-order chi connectivity index (χ0) is 13.3. The molecule has 2 heterocycles. The summed E-state index contributed by atoms with van der Waals surface area (Å²) in [5.41, 5.74) is -0.831. The minimum absolute atomic E-state index is 0.132. The van der Waals surface area contributed by atoms with Gasteiger partial charge >= 0.3 is 11.1 Å². The molecular weight excluding hydrogens is 234 g/mol. The molecule has 2 aromatic heterocycles. The zero-order valence-corrected chi connectivity index (χ0v) is 10.2. The van der Waals surface area contributed by atoms with Crippen LogP contribution in [0.25, 0.3) is 0 Å². The molecule has 0 spiro atoms. The van der Waals surface area contributed by atoms with Crippen molar-refractivity contribution >= 4 is 5.78 Å². The maximum Gasteiger partial charge on any atom is 0.316 e. The van der Waals surface area contributed by atoms with Crippen molar-refractivity contribution in [2.24, 2.45) is 14.1 Å². The summed E-state index contributed by atoms with van der Waals surface area (Å²) in [7, 11) is 3.24. The van der Waals surface area contributed by atoms with E-state index in [0.29, 0.717) is 5.69 Å². The van der Waals surface area contributed by atoms with Crippen LogP contribution < -0.4 is 11.1 Å². The van der Waals surface area contributed by atoms with Crippen LogP contribution in [0.1, 0.15) is 10.5 Å². The summed E-state index contributed by atoms with van der Waals surface area (Å²) in [6.07, 6.45) is 4.65. The van der Waals surface area contributed by atoms with Crippen molar-refractivity contribution in [1.29, 1.82) is 0 Å². The van der Waals surface area contributed by atoms with Crippen molar-refractivity contribution in [3.05, 3.63) is 57.1 Å². The predicted octanol–water partition coefficient (Wildman–Crippen LogP) is -0.232. The second kappa shape index (κ2) is 4.48. The molecule has 2 rings (SSSR count). The summed E-state index contributed by atoms with van der Waals surface area (Å²) in [6, 6.07) is 3.43. The second-order valence-electron chi connectivity index (χ2n) is 4.07. The number of rotatable bonds is 3. The highest BCUT2D eigenvalue weighted by atomic mass is 16.2. The van der Waals surface area contributed by atoms with Crippen molar-refractivity contribution in [1.82, 2.24) is 13.7 Å². The van der Waals surface area contributed by atoms with Gasteiger partial charge in [0, 0.05) is 32.7 Å². The van der Waals surface area contributed by atoms with E-state index in [0.717, 1.165) is 4.57 Å². The van der Waals surface area contributed by atoms with Crippen molar-refractivity contribution in [2.45, 2.75) is 6.54 Å². The van der Waals surface area contributed by atoms with Gasteiger partial charge in [-0.25, -0.2) is 0 Å². The first kappa shape index (κ1) is 12.1. The van der Waals surface area contributed by atoms with Crippen molar-refractivity contribution in [3.8, 4) is 0 Å². The molecule has 94 valence electrons. The predicted molar refractivity (Wildman–Crippen MR) is 65.7 cm³/mol. The van der Waals surface area contributed by atoms with Crippen LogP contribution >= 0.6 is 0 Å². The van der Waals surface area contributed by atoms with E-state index in [2.05, 4.69) is 0 Å². The molecule has 6 nitrogen and oxygen atoms in total. The Morgan fingerprint density at radius 3 is 2.39 bits per heavy atom. The number of Topliss-reactive ketones (excluding diaryl/α,β-unsaturated/α-hetero) is 1. The second-order valence-corrected chi connectivity index (χ2v) is 4.07. The van der Waals surface area contributed by atoms with Gasteiger partial charge in [-0.05, 0) is 12.1 Å². The third kappa shape index (κ3) is 2.04. The van der Waals surface area contributed by atoms with E-state index in [-0.39, 0.29) is 12.3 Å². The number of hydrogen-bond donors (Lipinski definition) is 0. The van der Waals surface area contributed by atoms with E-state index in [9.17, 15) is 14.4 Å². The van der Waals surface area contributed by atoms with Crippen LogP contribution in [0.3, 0.4) is 0 Å². The zero-order valence-electron chi connectivity index (χ0n) is 10.2. The molecule has 0 aliphatic heterocycles. The van der Waals surface area contributed by atoms with Gasteiger partial charge in [-0.15, -0.1) is 0 Å². The van der Waals surface area contributed by atoms with Crippen LogP contribution in [0.15, 0.2) is 40.3 Å². The molecule has 0 bridgehead atoms. The van der Waals surface area contributed by atoms with E-state index >= 15 is 0 Å². The maximum absolute atomic E-state index is 12.0. The summed E-state index contributed by atoms with van der Waals surface area (Å²) in [6.45, 7) is -0.132. The quantitative estimate of drug-likeness (QED) is 0.556. The first-order valence-electron chi connectivity index (χ1n) is 5.41. The Hall–Kier alpha value is -2.37. The van der Waals surface area contributed by atoms with Crippen molar-refractivity contribution in [2.75, 3.05) is 0 Å². The molecule has 0 saturated heterocycles. The number of aryl methyl sites for hydroxylation is 2. The largest absolute Gasteiger partial charge is 0.348 e. The van der Waals surface area contributed by atoms with E-state index < -0.39 is 11.1 Å². The van der Waals surface area contributed by atoms with Gasteiger partial charge in [-0.1, -0.05) is 0 Å². The lowest BCUT2D eigenvalue weighted by Crippen LogP contribution is -2.40. The normalized spacial score (nSPS) is 10.6. The number of carbonyl (C=O) groups excluding carboxylic acids is 1. The Morgan fingerprint density at radius 1 is 1.06 bits per heavy atom. The standard InChI is InChI=1S/C12H13N3O3/c1-13-5-3-4-9(13)10(16)8-15-7-6-14(2)11(17)12(15)18/h3-7H,8H2,1-2H3. The fraction of sp³-hybridized carbons (Fsp3) is 0.250. The van der Waals surface area contributed by atoms with Crippen molar-refractivity contribution in [3.63, 3.8) is 0 Å². The Kier molecular flexibility index (Phi) is 3.01. The lowest BCUT2D eigenvalue weighted by Gasteiger charge is -2.06. The molecule has 0 amide bonds. The van der Waals surface area contributed by atoms with Gasteiger partial charge in [0.05, 0.1) is 12.2 Å². The molecule has 0 unspecified atom stereocenters. The molecule has 0 radical (unpaired) electrons. The topological polar surface area (TPSA) is 66.0 Å². The fourth-order valence-electron chi connectivity index (χ4n) is 1.70. The third-order valence-corrected chi connectivity index (χ3v) is 2.78. The van der Waals surface area contributed by atoms with Gasteiger partial charge in [-0.2, -0.15) is 0 Å². The van der Waals surface area contributed by atoms with Crippen LogP contribution in [0, 0.1) is 0 Å². The summed E-state index contributed by atoms with van der Waals surface area (Å²) < 4.78 is 3.98. The average Bonchev–Trinajstić information content (AvgIpc) is 2.76. The fourth-order valence-corrected chi connectivity index (χ4v) is 1.70. The maximum atomic E-state index is 12.0. The number of nitrogens with zero attached hydrogens (tertiary/aromatic N) is 3. The number of hydrogen-bond acceptors (Lipinski definition) is 3. The average molecular weight is 247 g/mol. The summed E-state index contributed by atoms with van der Waals surface area (Å²) in [5, 5.41) is 0. The lowest BCUT2D eigenvalue weighted by molar-refractivity contribution is 0.0962. The molecule has 0 aliphatic rings. The summed E-state index contributed by atoms with van der Waals surface area (Å²) in [5.74, 6) is -0.210. The van der Waals surface area contributed by atoms with E-state index in [1.165, 1.54) is 24.0 Å². The Labute approximate surface area is 103 Å². The summed E-state index contributed by atoms with van der Waals surface area (Å²) >= 11 is 0. The van der Waals surface area contributed by atoms with Crippen LogP contribution in [0.4, 0.5) is 0 Å². The van der Waals surface area contributed by atoms with Crippen LogP contribution in [-0.4, -0.2) is 19.5 Å². The highest BCUT2D eigenvalue weighted by Crippen LogP contribution is 2.01. The molecule has 0 saturated carbocycles. The van der Waals surface area contributed by atoms with E-state index in [1.54, 1.807) is 29.9 Å². The highest BCUT2D eigenvalue weighted by molar-refractivity contribution is 5.94. The molecule has 0 aromatic carbocycles. The third-order valence-electron chi connectivity index (χ3n) is 2.78. The van der Waals surface area contributed by atoms with Crippen molar-refractivity contribution < 1.29 is 4.79 Å². The van der Waals surface area contributed by atoms with Gasteiger partial charge in [-0.3, -0.25) is 14.4 Å². The lowest BCUT2D eigenvalue weighted by atomic mass is 10.3. The van der Waals surface area contributed by atoms with Gasteiger partial charge in [0.2, 0.25) is 0 Å². The Balaban J connectivity index is 2.34. The molecule has 18 heavy (non-hydrogen) atoms. The van der Waals surface area contributed by atoms with E-state index in [4.69, 9.17) is 0 Å². The Bertz CT molecular complexity index is 706. The van der Waals surface area contributed by atoms with Crippen LogP contribution in [-0.2, 0) is 20.6 Å². The molecule has 0 atom stereocenters. The Morgan fingerprint density at radius 2 is 1.78 bits per heavy atom. The van der Waals surface area contributed by atoms with Gasteiger partial charge in [0.15, 0.2) is 5.78 Å². The molecule has 0 N–H and O–H groups in total. The number of aromatic nitrogens is 3. The minimum Gasteiger partial charge on any atom is -0.348 e. The molecular formula is C12H13N3O3. The smallest absolute Gasteiger partial charge is 0.316 e. The monoisotopic (exact) mass is 247 g/mol. The number of carbonyl (C=O) groups is 1. The first-order valence-corrected chi connectivity index (χ1v) is 5.41. The van der Waals surface area contributed by atoms with Crippen LogP contribution in [0.2, 0.25) is 0 Å². The highest BCUT2D eigenvalue weighted by Gasteiger charge is 2.11. The molecule has 0 aliphatic carbocycles.